The number of pyridine rings is 1. The maximum absolute atomic E-state index is 12.7. The van der Waals surface area contributed by atoms with Gasteiger partial charge in [-0.2, -0.15) is 13.2 Å². The second-order valence-corrected chi connectivity index (χ2v) is 4.29. The van der Waals surface area contributed by atoms with Crippen LogP contribution in [0.3, 0.4) is 0 Å². The summed E-state index contributed by atoms with van der Waals surface area (Å²) in [4.78, 5) is 4.08. The SMILES string of the molecule is N/C(=N/O)C(COc1ccc2cccnc2c1)C(F)(F)F. The van der Waals surface area contributed by atoms with Gasteiger partial charge in [0.2, 0.25) is 0 Å². The third-order valence-corrected chi connectivity index (χ3v) is 2.86. The van der Waals surface area contributed by atoms with Crippen LogP contribution in [0, 0.1) is 5.92 Å². The monoisotopic (exact) mass is 299 g/mol. The molecule has 2 aromatic rings. The second kappa shape index (κ2) is 5.86. The van der Waals surface area contributed by atoms with Gasteiger partial charge in [-0.05, 0) is 18.2 Å². The van der Waals surface area contributed by atoms with Crippen LogP contribution >= 0.6 is 0 Å². The fraction of sp³-hybridized carbons (Fsp3) is 0.231. The van der Waals surface area contributed by atoms with Crippen LogP contribution in [0.4, 0.5) is 13.2 Å². The summed E-state index contributed by atoms with van der Waals surface area (Å²) in [5.74, 6) is -2.90. The fourth-order valence-corrected chi connectivity index (χ4v) is 1.73. The number of oxime groups is 1. The number of fused-ring (bicyclic) bond motifs is 1. The zero-order valence-corrected chi connectivity index (χ0v) is 10.7. The van der Waals surface area contributed by atoms with E-state index in [-0.39, 0.29) is 5.75 Å². The van der Waals surface area contributed by atoms with E-state index < -0.39 is 24.5 Å². The van der Waals surface area contributed by atoms with Gasteiger partial charge >= 0.3 is 6.18 Å². The molecule has 0 aliphatic carbocycles. The second-order valence-electron chi connectivity index (χ2n) is 4.29. The Morgan fingerprint density at radius 3 is 2.81 bits per heavy atom. The number of benzene rings is 1. The van der Waals surface area contributed by atoms with E-state index in [1.54, 1.807) is 18.3 Å². The van der Waals surface area contributed by atoms with E-state index in [9.17, 15) is 13.2 Å². The molecule has 2 rings (SSSR count). The van der Waals surface area contributed by atoms with Crippen LogP contribution in [0.15, 0.2) is 41.7 Å². The Balaban J connectivity index is 2.16. The van der Waals surface area contributed by atoms with Gasteiger partial charge in [-0.1, -0.05) is 11.2 Å². The zero-order valence-electron chi connectivity index (χ0n) is 10.7. The Labute approximate surface area is 117 Å². The summed E-state index contributed by atoms with van der Waals surface area (Å²) >= 11 is 0. The molecule has 1 aromatic heterocycles. The molecule has 21 heavy (non-hydrogen) atoms. The topological polar surface area (TPSA) is 80.7 Å². The van der Waals surface area contributed by atoms with E-state index in [2.05, 4.69) is 10.1 Å². The number of hydrogen-bond acceptors (Lipinski definition) is 4. The minimum atomic E-state index is -4.66. The molecule has 5 nitrogen and oxygen atoms in total. The zero-order chi connectivity index (χ0) is 15.5. The van der Waals surface area contributed by atoms with Crippen molar-refractivity contribution in [3.8, 4) is 5.75 Å². The summed E-state index contributed by atoms with van der Waals surface area (Å²) in [7, 11) is 0. The first-order chi connectivity index (χ1) is 9.91. The molecule has 112 valence electrons. The summed E-state index contributed by atoms with van der Waals surface area (Å²) in [6.07, 6.45) is -3.09. The summed E-state index contributed by atoms with van der Waals surface area (Å²) in [5, 5.41) is 11.6. The Hall–Kier alpha value is -2.51. The van der Waals surface area contributed by atoms with Crippen molar-refractivity contribution in [1.82, 2.24) is 4.98 Å². The van der Waals surface area contributed by atoms with Crippen molar-refractivity contribution in [1.29, 1.82) is 0 Å². The summed E-state index contributed by atoms with van der Waals surface area (Å²) in [5.41, 5.74) is 5.65. The largest absolute Gasteiger partial charge is 0.492 e. The Morgan fingerprint density at radius 2 is 2.14 bits per heavy atom. The van der Waals surface area contributed by atoms with Crippen molar-refractivity contribution in [2.24, 2.45) is 16.8 Å². The van der Waals surface area contributed by atoms with Crippen molar-refractivity contribution in [3.05, 3.63) is 36.5 Å². The van der Waals surface area contributed by atoms with Gasteiger partial charge in [-0.25, -0.2) is 0 Å². The molecule has 0 fully saturated rings. The lowest BCUT2D eigenvalue weighted by Crippen LogP contribution is -2.40. The minimum Gasteiger partial charge on any atom is -0.492 e. The number of amidine groups is 1. The van der Waals surface area contributed by atoms with Crippen molar-refractivity contribution < 1.29 is 23.1 Å². The van der Waals surface area contributed by atoms with E-state index >= 15 is 0 Å². The normalized spacial score (nSPS) is 14.1. The lowest BCUT2D eigenvalue weighted by Gasteiger charge is -2.19. The van der Waals surface area contributed by atoms with Crippen LogP contribution in [0.1, 0.15) is 0 Å². The predicted molar refractivity (Wildman–Crippen MR) is 70.2 cm³/mol. The third-order valence-electron chi connectivity index (χ3n) is 2.86. The lowest BCUT2D eigenvalue weighted by molar-refractivity contribution is -0.162. The molecule has 1 aromatic carbocycles. The van der Waals surface area contributed by atoms with E-state index in [0.717, 1.165) is 5.39 Å². The first-order valence-electron chi connectivity index (χ1n) is 5.93. The van der Waals surface area contributed by atoms with Crippen molar-refractivity contribution in [3.63, 3.8) is 0 Å². The van der Waals surface area contributed by atoms with Gasteiger partial charge in [-0.15, -0.1) is 0 Å². The Morgan fingerprint density at radius 1 is 1.38 bits per heavy atom. The van der Waals surface area contributed by atoms with Crippen molar-refractivity contribution >= 4 is 16.7 Å². The van der Waals surface area contributed by atoms with Crippen molar-refractivity contribution in [2.75, 3.05) is 6.61 Å². The van der Waals surface area contributed by atoms with E-state index in [1.807, 2.05) is 6.07 Å². The highest BCUT2D eigenvalue weighted by atomic mass is 19.4. The first kappa shape index (κ1) is 14.9. The molecule has 8 heteroatoms. The molecule has 0 spiro atoms. The van der Waals surface area contributed by atoms with E-state index in [0.29, 0.717) is 5.52 Å². The maximum Gasteiger partial charge on any atom is 0.402 e. The molecule has 0 saturated carbocycles. The molecule has 0 aliphatic heterocycles. The van der Waals surface area contributed by atoms with Gasteiger partial charge in [0.25, 0.3) is 0 Å². The average molecular weight is 299 g/mol. The Bertz CT molecular complexity index is 658. The molecular formula is C13H12F3N3O2. The van der Waals surface area contributed by atoms with Gasteiger partial charge in [0.05, 0.1) is 5.52 Å². The molecule has 0 bridgehead atoms. The van der Waals surface area contributed by atoms with E-state index in [4.69, 9.17) is 15.7 Å². The average Bonchev–Trinajstić information content (AvgIpc) is 2.45. The number of alkyl halides is 3. The first-order valence-corrected chi connectivity index (χ1v) is 5.93. The maximum atomic E-state index is 12.7. The number of hydrogen-bond donors (Lipinski definition) is 2. The Kier molecular flexibility index (Phi) is 4.15. The van der Waals surface area contributed by atoms with Gasteiger partial charge in [0, 0.05) is 17.6 Å². The van der Waals surface area contributed by atoms with Crippen LogP contribution in [-0.4, -0.2) is 28.8 Å². The van der Waals surface area contributed by atoms with Gasteiger partial charge in [0.15, 0.2) is 5.84 Å². The van der Waals surface area contributed by atoms with Crippen LogP contribution in [0.5, 0.6) is 5.75 Å². The third kappa shape index (κ3) is 3.53. The van der Waals surface area contributed by atoms with Gasteiger partial charge in [-0.3, -0.25) is 4.98 Å². The van der Waals surface area contributed by atoms with Gasteiger partial charge in [0.1, 0.15) is 18.3 Å². The molecule has 1 atom stereocenters. The molecule has 0 radical (unpaired) electrons. The highest BCUT2D eigenvalue weighted by molar-refractivity contribution is 5.83. The number of rotatable bonds is 4. The summed E-state index contributed by atoms with van der Waals surface area (Å²) in [6.45, 7) is -0.780. The molecule has 1 unspecified atom stereocenters. The molecule has 0 amide bonds. The number of halogens is 3. The number of nitrogens with two attached hydrogens (primary N) is 1. The molecule has 1 heterocycles. The summed E-state index contributed by atoms with van der Waals surface area (Å²) < 4.78 is 43.3. The smallest absolute Gasteiger partial charge is 0.402 e. The highest BCUT2D eigenvalue weighted by Gasteiger charge is 2.43. The fourth-order valence-electron chi connectivity index (χ4n) is 1.73. The molecular weight excluding hydrogens is 287 g/mol. The lowest BCUT2D eigenvalue weighted by atomic mass is 10.1. The standard InChI is InChI=1S/C13H12F3N3O2/c14-13(15,16)10(12(17)19-20)7-21-9-4-3-8-2-1-5-18-11(8)6-9/h1-6,10,20H,7H2,(H2,17,19). The van der Waals surface area contributed by atoms with Crippen molar-refractivity contribution in [2.45, 2.75) is 6.18 Å². The van der Waals surface area contributed by atoms with Crippen LogP contribution in [-0.2, 0) is 0 Å². The molecule has 0 aliphatic rings. The molecule has 3 N–H and O–H groups in total. The number of nitrogens with zero attached hydrogens (tertiary/aromatic N) is 2. The molecule has 0 saturated heterocycles. The minimum absolute atomic E-state index is 0.223. The van der Waals surface area contributed by atoms with E-state index in [1.165, 1.54) is 12.1 Å². The highest BCUT2D eigenvalue weighted by Crippen LogP contribution is 2.28. The van der Waals surface area contributed by atoms with Crippen LogP contribution < -0.4 is 10.5 Å². The quantitative estimate of drug-likeness (QED) is 0.393. The number of ether oxygens (including phenoxy) is 1. The number of aromatic nitrogens is 1. The van der Waals surface area contributed by atoms with Crippen LogP contribution in [0.2, 0.25) is 0 Å². The van der Waals surface area contributed by atoms with Crippen LogP contribution in [0.25, 0.3) is 10.9 Å². The summed E-state index contributed by atoms with van der Waals surface area (Å²) in [6, 6.07) is 8.31. The predicted octanol–water partition coefficient (Wildman–Crippen LogP) is 2.54. The van der Waals surface area contributed by atoms with Gasteiger partial charge < -0.3 is 15.7 Å².